The molecule has 1 aromatic heterocycles. The van der Waals surface area contributed by atoms with Gasteiger partial charge in [0, 0.05) is 12.1 Å². The van der Waals surface area contributed by atoms with Crippen molar-refractivity contribution in [2.24, 2.45) is 0 Å². The Balaban J connectivity index is 2.40. The van der Waals surface area contributed by atoms with Gasteiger partial charge in [-0.25, -0.2) is 4.39 Å². The van der Waals surface area contributed by atoms with E-state index in [1.807, 2.05) is 13.8 Å². The average Bonchev–Trinajstić information content (AvgIpc) is 2.48. The summed E-state index contributed by atoms with van der Waals surface area (Å²) in [5, 5.41) is 3.10. The van der Waals surface area contributed by atoms with Crippen molar-refractivity contribution in [1.82, 2.24) is 15.0 Å². The summed E-state index contributed by atoms with van der Waals surface area (Å²) >= 11 is 5.80. The van der Waals surface area contributed by atoms with Crippen LogP contribution in [0, 0.1) is 5.82 Å². The normalized spacial score (nSPS) is 10.5. The van der Waals surface area contributed by atoms with E-state index in [1.165, 1.54) is 12.1 Å². The van der Waals surface area contributed by atoms with Gasteiger partial charge in [0.05, 0.1) is 11.6 Å². The first-order chi connectivity index (χ1) is 10.1. The predicted octanol–water partition coefficient (Wildman–Crippen LogP) is 3.55. The summed E-state index contributed by atoms with van der Waals surface area (Å²) in [7, 11) is 0. The van der Waals surface area contributed by atoms with Crippen molar-refractivity contribution in [1.29, 1.82) is 0 Å². The summed E-state index contributed by atoms with van der Waals surface area (Å²) in [6, 6.07) is 4.55. The van der Waals surface area contributed by atoms with Crippen LogP contribution in [0.4, 0.5) is 10.3 Å². The van der Waals surface area contributed by atoms with Crippen LogP contribution in [-0.2, 0) is 0 Å². The Bertz CT molecular complexity index is 624. The highest BCUT2D eigenvalue weighted by Gasteiger charge is 2.11. The summed E-state index contributed by atoms with van der Waals surface area (Å²) in [4.78, 5) is 12.7. The van der Waals surface area contributed by atoms with Crippen LogP contribution >= 0.6 is 11.6 Å². The topological polar surface area (TPSA) is 59.9 Å². The van der Waals surface area contributed by atoms with Gasteiger partial charge in [0.25, 0.3) is 0 Å². The summed E-state index contributed by atoms with van der Waals surface area (Å²) in [5.41, 5.74) is 0.601. The monoisotopic (exact) mass is 310 g/mol. The van der Waals surface area contributed by atoms with Crippen molar-refractivity contribution in [3.8, 4) is 17.4 Å². The van der Waals surface area contributed by atoms with E-state index in [0.717, 1.165) is 13.0 Å². The first-order valence-electron chi connectivity index (χ1n) is 6.72. The number of hydrogen-bond acceptors (Lipinski definition) is 5. The second-order valence-electron chi connectivity index (χ2n) is 4.25. The van der Waals surface area contributed by atoms with Gasteiger partial charge in [-0.1, -0.05) is 18.5 Å². The highest BCUT2D eigenvalue weighted by atomic mass is 35.5. The number of aromatic nitrogens is 3. The van der Waals surface area contributed by atoms with E-state index in [9.17, 15) is 4.39 Å². The first-order valence-corrected chi connectivity index (χ1v) is 7.10. The molecule has 0 amide bonds. The van der Waals surface area contributed by atoms with Gasteiger partial charge in [-0.15, -0.1) is 0 Å². The smallest absolute Gasteiger partial charge is 0.321 e. The fourth-order valence-corrected chi connectivity index (χ4v) is 1.81. The lowest BCUT2D eigenvalue weighted by Crippen LogP contribution is -2.08. The van der Waals surface area contributed by atoms with Gasteiger partial charge in [-0.3, -0.25) is 0 Å². The van der Waals surface area contributed by atoms with Crippen LogP contribution in [0.15, 0.2) is 18.2 Å². The Morgan fingerprint density at radius 1 is 1.24 bits per heavy atom. The van der Waals surface area contributed by atoms with Gasteiger partial charge in [0.2, 0.25) is 5.95 Å². The molecule has 2 aromatic rings. The quantitative estimate of drug-likeness (QED) is 0.884. The van der Waals surface area contributed by atoms with Crippen LogP contribution in [-0.4, -0.2) is 28.1 Å². The zero-order valence-electron chi connectivity index (χ0n) is 11.9. The Hall–Kier alpha value is -1.95. The van der Waals surface area contributed by atoms with Crippen molar-refractivity contribution in [3.05, 3.63) is 29.0 Å². The lowest BCUT2D eigenvalue weighted by atomic mass is 10.2. The largest absolute Gasteiger partial charge is 0.464 e. The highest BCUT2D eigenvalue weighted by molar-refractivity contribution is 6.31. The van der Waals surface area contributed by atoms with Crippen molar-refractivity contribution < 1.29 is 9.13 Å². The van der Waals surface area contributed by atoms with Crippen molar-refractivity contribution in [3.63, 3.8) is 0 Å². The molecule has 0 saturated heterocycles. The third-order valence-electron chi connectivity index (χ3n) is 2.60. The molecular weight excluding hydrogens is 295 g/mol. The molecule has 0 unspecified atom stereocenters. The number of rotatable bonds is 6. The van der Waals surface area contributed by atoms with E-state index in [-0.39, 0.29) is 11.0 Å². The zero-order valence-corrected chi connectivity index (χ0v) is 12.6. The second kappa shape index (κ2) is 7.17. The van der Waals surface area contributed by atoms with Gasteiger partial charge in [0.15, 0.2) is 5.82 Å². The van der Waals surface area contributed by atoms with Crippen LogP contribution in [0.5, 0.6) is 6.01 Å². The third-order valence-corrected chi connectivity index (χ3v) is 2.89. The molecule has 7 heteroatoms. The molecule has 112 valence electrons. The molecule has 0 fully saturated rings. The molecule has 2 rings (SSSR count). The molecule has 5 nitrogen and oxygen atoms in total. The van der Waals surface area contributed by atoms with E-state index in [2.05, 4.69) is 20.3 Å². The number of hydrogen-bond donors (Lipinski definition) is 1. The molecule has 1 N–H and O–H groups in total. The van der Waals surface area contributed by atoms with Crippen LogP contribution < -0.4 is 10.1 Å². The van der Waals surface area contributed by atoms with Crippen molar-refractivity contribution in [2.75, 3.05) is 18.5 Å². The summed E-state index contributed by atoms with van der Waals surface area (Å²) < 4.78 is 18.6. The van der Waals surface area contributed by atoms with Gasteiger partial charge in [-0.05, 0) is 31.5 Å². The number of halogens is 2. The van der Waals surface area contributed by atoms with E-state index in [0.29, 0.717) is 23.9 Å². The lowest BCUT2D eigenvalue weighted by molar-refractivity contribution is 0.312. The van der Waals surface area contributed by atoms with Gasteiger partial charge >= 0.3 is 6.01 Å². The van der Waals surface area contributed by atoms with Gasteiger partial charge in [0.1, 0.15) is 5.82 Å². The second-order valence-corrected chi connectivity index (χ2v) is 4.66. The fraction of sp³-hybridized carbons (Fsp3) is 0.357. The number of nitrogens with one attached hydrogen (secondary N) is 1. The number of nitrogens with zero attached hydrogens (tertiary/aromatic N) is 3. The maximum Gasteiger partial charge on any atom is 0.321 e. The lowest BCUT2D eigenvalue weighted by Gasteiger charge is -2.08. The minimum absolute atomic E-state index is 0.0222. The minimum Gasteiger partial charge on any atom is -0.464 e. The molecule has 0 radical (unpaired) electrons. The number of ether oxygens (including phenoxy) is 1. The van der Waals surface area contributed by atoms with Crippen LogP contribution in [0.3, 0.4) is 0 Å². The molecule has 0 spiro atoms. The van der Waals surface area contributed by atoms with Crippen molar-refractivity contribution >= 4 is 17.5 Å². The van der Waals surface area contributed by atoms with Gasteiger partial charge in [-0.2, -0.15) is 15.0 Å². The van der Waals surface area contributed by atoms with Crippen LogP contribution in [0.2, 0.25) is 5.02 Å². The molecule has 0 aliphatic carbocycles. The molecule has 0 atom stereocenters. The Morgan fingerprint density at radius 2 is 2.05 bits per heavy atom. The molecule has 0 aliphatic rings. The molecule has 21 heavy (non-hydrogen) atoms. The van der Waals surface area contributed by atoms with Crippen LogP contribution in [0.1, 0.15) is 20.3 Å². The predicted molar refractivity (Wildman–Crippen MR) is 80.2 cm³/mol. The standard InChI is InChI=1S/C14H16ClFN4O/c1-3-7-17-13-18-12(19-14(20-13)21-4-2)9-5-6-11(16)10(15)8-9/h5-6,8H,3-4,7H2,1-2H3,(H,17,18,19,20). The zero-order chi connectivity index (χ0) is 15.2. The third kappa shape index (κ3) is 4.01. The Labute approximate surface area is 127 Å². The van der Waals surface area contributed by atoms with Crippen LogP contribution in [0.25, 0.3) is 11.4 Å². The fourth-order valence-electron chi connectivity index (χ4n) is 1.63. The van der Waals surface area contributed by atoms with E-state index in [1.54, 1.807) is 6.07 Å². The molecule has 0 saturated carbocycles. The summed E-state index contributed by atoms with van der Waals surface area (Å²) in [6.07, 6.45) is 0.938. The van der Waals surface area contributed by atoms with E-state index in [4.69, 9.17) is 16.3 Å². The molecular formula is C14H16ClFN4O. The number of benzene rings is 1. The van der Waals surface area contributed by atoms with E-state index >= 15 is 0 Å². The number of anilines is 1. The maximum absolute atomic E-state index is 13.2. The molecule has 1 heterocycles. The Morgan fingerprint density at radius 3 is 2.71 bits per heavy atom. The molecule has 1 aromatic carbocycles. The Kier molecular flexibility index (Phi) is 5.27. The summed E-state index contributed by atoms with van der Waals surface area (Å²) in [6.45, 7) is 5.07. The average molecular weight is 311 g/mol. The van der Waals surface area contributed by atoms with E-state index < -0.39 is 5.82 Å². The van der Waals surface area contributed by atoms with Crippen molar-refractivity contribution in [2.45, 2.75) is 20.3 Å². The minimum atomic E-state index is -0.483. The highest BCUT2D eigenvalue weighted by Crippen LogP contribution is 2.24. The summed E-state index contributed by atoms with van der Waals surface area (Å²) in [5.74, 6) is 0.323. The molecule has 0 aliphatic heterocycles. The SMILES string of the molecule is CCCNc1nc(OCC)nc(-c2ccc(F)c(Cl)c2)n1. The molecule has 0 bridgehead atoms. The maximum atomic E-state index is 13.2. The van der Waals surface area contributed by atoms with Gasteiger partial charge < -0.3 is 10.1 Å². The first kappa shape index (κ1) is 15.4.